The number of hydrogen-bond acceptors (Lipinski definition) is 4. The van der Waals surface area contributed by atoms with Crippen LogP contribution in [0.1, 0.15) is 31.0 Å². The van der Waals surface area contributed by atoms with Crippen LogP contribution in [0.2, 0.25) is 0 Å². The second-order valence-electron chi connectivity index (χ2n) is 8.00. The zero-order valence-corrected chi connectivity index (χ0v) is 16.1. The third kappa shape index (κ3) is 3.31. The number of aromatic amines is 1. The molecule has 2 fully saturated rings. The summed E-state index contributed by atoms with van der Waals surface area (Å²) in [7, 11) is 0. The molecule has 5 nitrogen and oxygen atoms in total. The van der Waals surface area contributed by atoms with Crippen molar-refractivity contribution in [2.45, 2.75) is 31.2 Å². The van der Waals surface area contributed by atoms with Crippen molar-refractivity contribution in [3.05, 3.63) is 70.8 Å². The third-order valence-electron chi connectivity index (χ3n) is 6.34. The molecular weight excluding hydrogens is 348 g/mol. The Bertz CT molecular complexity index is 1010. The summed E-state index contributed by atoms with van der Waals surface area (Å²) < 4.78 is 0. The fourth-order valence-electron chi connectivity index (χ4n) is 4.77. The minimum Gasteiger partial charge on any atom is -0.371 e. The number of nitrogens with one attached hydrogen (secondary N) is 1. The first kappa shape index (κ1) is 17.4. The van der Waals surface area contributed by atoms with Crippen LogP contribution in [0.5, 0.6) is 0 Å². The quantitative estimate of drug-likeness (QED) is 0.764. The van der Waals surface area contributed by atoms with Crippen LogP contribution >= 0.6 is 0 Å². The van der Waals surface area contributed by atoms with E-state index in [2.05, 4.69) is 45.1 Å². The summed E-state index contributed by atoms with van der Waals surface area (Å²) in [6, 6.07) is 18.9. The Hall–Kier alpha value is -2.66. The van der Waals surface area contributed by atoms with Crippen LogP contribution in [0, 0.1) is 0 Å². The second-order valence-corrected chi connectivity index (χ2v) is 8.00. The molecule has 2 aliphatic rings. The van der Waals surface area contributed by atoms with Crippen molar-refractivity contribution >= 4 is 16.6 Å². The van der Waals surface area contributed by atoms with Crippen LogP contribution in [-0.2, 0) is 0 Å². The summed E-state index contributed by atoms with van der Waals surface area (Å²) in [6.45, 7) is 4.32. The number of para-hydroxylation sites is 2. The molecule has 2 aromatic carbocycles. The zero-order chi connectivity index (χ0) is 18.9. The van der Waals surface area contributed by atoms with E-state index in [0.717, 1.165) is 43.9 Å². The lowest BCUT2D eigenvalue weighted by Gasteiger charge is -2.38. The van der Waals surface area contributed by atoms with Crippen molar-refractivity contribution in [1.82, 2.24) is 14.9 Å². The van der Waals surface area contributed by atoms with Gasteiger partial charge in [-0.2, -0.15) is 0 Å². The highest BCUT2D eigenvalue weighted by atomic mass is 16.1. The number of benzene rings is 2. The summed E-state index contributed by atoms with van der Waals surface area (Å²) >= 11 is 0. The molecule has 0 spiro atoms. The Morgan fingerprint density at radius 3 is 2.46 bits per heavy atom. The van der Waals surface area contributed by atoms with E-state index < -0.39 is 0 Å². The van der Waals surface area contributed by atoms with Gasteiger partial charge < -0.3 is 9.88 Å². The minimum absolute atomic E-state index is 0.0183. The number of likely N-dealkylation sites (tertiary alicyclic amines) is 1. The Kier molecular flexibility index (Phi) is 4.61. The average molecular weight is 374 g/mol. The lowest BCUT2D eigenvalue weighted by atomic mass is 10.0. The maximum absolute atomic E-state index is 12.4. The van der Waals surface area contributed by atoms with E-state index in [9.17, 15) is 4.79 Å². The number of aromatic nitrogens is 2. The molecule has 0 radical (unpaired) electrons. The summed E-state index contributed by atoms with van der Waals surface area (Å²) in [6.07, 6.45) is 3.47. The number of hydrogen-bond donors (Lipinski definition) is 1. The van der Waals surface area contributed by atoms with E-state index in [-0.39, 0.29) is 5.56 Å². The van der Waals surface area contributed by atoms with Crippen LogP contribution in [-0.4, -0.2) is 47.1 Å². The van der Waals surface area contributed by atoms with Crippen LogP contribution in [0.3, 0.4) is 0 Å². The zero-order valence-electron chi connectivity index (χ0n) is 16.1. The molecule has 3 heterocycles. The molecule has 1 atom stereocenters. The van der Waals surface area contributed by atoms with Crippen molar-refractivity contribution in [3.8, 4) is 0 Å². The van der Waals surface area contributed by atoms with Gasteiger partial charge >= 0.3 is 0 Å². The molecule has 2 aliphatic heterocycles. The first-order chi connectivity index (χ1) is 13.8. The topological polar surface area (TPSA) is 52.2 Å². The van der Waals surface area contributed by atoms with Gasteiger partial charge in [0.1, 0.15) is 5.82 Å². The van der Waals surface area contributed by atoms with Gasteiger partial charge in [0.05, 0.1) is 10.9 Å². The largest absolute Gasteiger partial charge is 0.371 e. The minimum atomic E-state index is -0.0183. The van der Waals surface area contributed by atoms with Crippen LogP contribution in [0.4, 0.5) is 5.69 Å². The molecule has 1 N–H and O–H groups in total. The van der Waals surface area contributed by atoms with Gasteiger partial charge in [0.2, 0.25) is 0 Å². The molecule has 1 unspecified atom stereocenters. The number of nitrogens with zero attached hydrogens (tertiary/aromatic N) is 3. The van der Waals surface area contributed by atoms with E-state index in [1.54, 1.807) is 0 Å². The van der Waals surface area contributed by atoms with E-state index in [4.69, 9.17) is 4.98 Å². The number of H-pyrrole nitrogens is 1. The smallest absolute Gasteiger partial charge is 0.258 e. The molecular formula is C23H26N4O. The molecule has 0 bridgehead atoms. The van der Waals surface area contributed by atoms with Gasteiger partial charge in [0.15, 0.2) is 0 Å². The van der Waals surface area contributed by atoms with E-state index >= 15 is 0 Å². The van der Waals surface area contributed by atoms with E-state index in [0.29, 0.717) is 17.3 Å². The molecule has 1 aromatic heterocycles. The van der Waals surface area contributed by atoms with Crippen LogP contribution in [0.15, 0.2) is 59.4 Å². The highest BCUT2D eigenvalue weighted by Crippen LogP contribution is 2.30. The fraction of sp³-hybridized carbons (Fsp3) is 0.391. The molecule has 28 heavy (non-hydrogen) atoms. The van der Waals surface area contributed by atoms with Crippen molar-refractivity contribution < 1.29 is 0 Å². The first-order valence-corrected chi connectivity index (χ1v) is 10.3. The van der Waals surface area contributed by atoms with Gasteiger partial charge in [-0.15, -0.1) is 0 Å². The summed E-state index contributed by atoms with van der Waals surface area (Å²) in [4.78, 5) is 25.3. The van der Waals surface area contributed by atoms with Gasteiger partial charge in [0, 0.05) is 37.3 Å². The predicted molar refractivity (Wildman–Crippen MR) is 113 cm³/mol. The maximum Gasteiger partial charge on any atom is 0.258 e. The summed E-state index contributed by atoms with van der Waals surface area (Å²) in [5, 5.41) is 0.675. The average Bonchev–Trinajstić information content (AvgIpc) is 3.25. The van der Waals surface area contributed by atoms with Gasteiger partial charge in [-0.1, -0.05) is 30.3 Å². The molecule has 2 saturated heterocycles. The SMILES string of the molecule is O=c1[nH]c(C2CCN(C3CCN(c4ccccc4)CC3)C2)nc2ccccc12. The highest BCUT2D eigenvalue weighted by molar-refractivity contribution is 5.77. The lowest BCUT2D eigenvalue weighted by Crippen LogP contribution is -2.44. The Morgan fingerprint density at radius 2 is 1.64 bits per heavy atom. The van der Waals surface area contributed by atoms with Gasteiger partial charge in [-0.05, 0) is 50.1 Å². The predicted octanol–water partition coefficient (Wildman–Crippen LogP) is 3.38. The molecule has 5 heteroatoms. The molecule has 144 valence electrons. The second kappa shape index (κ2) is 7.40. The summed E-state index contributed by atoms with van der Waals surface area (Å²) in [5.74, 6) is 1.18. The number of anilines is 1. The molecule has 5 rings (SSSR count). The van der Waals surface area contributed by atoms with Crippen molar-refractivity contribution in [2.75, 3.05) is 31.1 Å². The summed E-state index contributed by atoms with van der Waals surface area (Å²) in [5.41, 5.74) is 2.12. The van der Waals surface area contributed by atoms with Gasteiger partial charge in [-0.3, -0.25) is 9.69 Å². The Labute approximate surface area is 165 Å². The maximum atomic E-state index is 12.4. The standard InChI is InChI=1S/C23H26N4O/c28-23-20-8-4-5-9-21(20)24-22(25-23)17-10-13-27(16-17)19-11-14-26(15-12-19)18-6-2-1-3-7-18/h1-9,17,19H,10-16H2,(H,24,25,28). The third-order valence-corrected chi connectivity index (χ3v) is 6.34. The van der Waals surface area contributed by atoms with E-state index in [1.807, 2.05) is 24.3 Å². The molecule has 0 amide bonds. The van der Waals surface area contributed by atoms with Crippen molar-refractivity contribution in [3.63, 3.8) is 0 Å². The Morgan fingerprint density at radius 1 is 0.893 bits per heavy atom. The van der Waals surface area contributed by atoms with Crippen molar-refractivity contribution in [1.29, 1.82) is 0 Å². The normalized spacial score (nSPS) is 21.4. The highest BCUT2D eigenvalue weighted by Gasteiger charge is 2.32. The fourth-order valence-corrected chi connectivity index (χ4v) is 4.77. The molecule has 0 saturated carbocycles. The van der Waals surface area contributed by atoms with Crippen molar-refractivity contribution in [2.24, 2.45) is 0 Å². The van der Waals surface area contributed by atoms with Crippen LogP contribution < -0.4 is 10.5 Å². The van der Waals surface area contributed by atoms with Crippen LogP contribution in [0.25, 0.3) is 10.9 Å². The number of rotatable bonds is 3. The Balaban J connectivity index is 1.25. The number of fused-ring (bicyclic) bond motifs is 1. The van der Waals surface area contributed by atoms with Gasteiger partial charge in [-0.25, -0.2) is 4.98 Å². The first-order valence-electron chi connectivity index (χ1n) is 10.3. The molecule has 3 aromatic rings. The molecule has 0 aliphatic carbocycles. The van der Waals surface area contributed by atoms with Gasteiger partial charge in [0.25, 0.3) is 5.56 Å². The number of piperidine rings is 1. The van der Waals surface area contributed by atoms with E-state index in [1.165, 1.54) is 18.5 Å². The monoisotopic (exact) mass is 374 g/mol. The lowest BCUT2D eigenvalue weighted by molar-refractivity contribution is 0.205.